The SMILES string of the molecule is CCC(CC)C(CNC(=O)c1cc(F)ccc1F)N1CCOCC1. The topological polar surface area (TPSA) is 41.6 Å². The highest BCUT2D eigenvalue weighted by Gasteiger charge is 2.27. The van der Waals surface area contributed by atoms with Gasteiger partial charge in [-0.2, -0.15) is 0 Å². The molecule has 0 radical (unpaired) electrons. The Morgan fingerprint density at radius 2 is 1.92 bits per heavy atom. The number of amides is 1. The number of ether oxygens (including phenoxy) is 1. The smallest absolute Gasteiger partial charge is 0.254 e. The van der Waals surface area contributed by atoms with E-state index in [0.29, 0.717) is 25.7 Å². The zero-order valence-corrected chi connectivity index (χ0v) is 14.4. The Hall–Kier alpha value is -1.53. The molecule has 24 heavy (non-hydrogen) atoms. The lowest BCUT2D eigenvalue weighted by Crippen LogP contribution is -2.52. The molecule has 0 bridgehead atoms. The van der Waals surface area contributed by atoms with Gasteiger partial charge in [-0.05, 0) is 24.1 Å². The maximum atomic E-state index is 13.7. The van der Waals surface area contributed by atoms with Gasteiger partial charge < -0.3 is 10.1 Å². The molecular weight excluding hydrogens is 314 g/mol. The van der Waals surface area contributed by atoms with Crippen LogP contribution in [0.2, 0.25) is 0 Å². The van der Waals surface area contributed by atoms with Crippen molar-refractivity contribution < 1.29 is 18.3 Å². The average molecular weight is 340 g/mol. The van der Waals surface area contributed by atoms with Crippen LogP contribution in [0.3, 0.4) is 0 Å². The van der Waals surface area contributed by atoms with Gasteiger partial charge >= 0.3 is 0 Å². The predicted octanol–water partition coefficient (Wildman–Crippen LogP) is 2.83. The number of carbonyl (C=O) groups excluding carboxylic acids is 1. The van der Waals surface area contributed by atoms with Crippen LogP contribution in [0.5, 0.6) is 0 Å². The molecule has 1 atom stereocenters. The summed E-state index contributed by atoms with van der Waals surface area (Å²) in [6.07, 6.45) is 2.01. The highest BCUT2D eigenvalue weighted by Crippen LogP contribution is 2.20. The largest absolute Gasteiger partial charge is 0.379 e. The Labute approximate surface area is 142 Å². The van der Waals surface area contributed by atoms with Gasteiger partial charge in [0.2, 0.25) is 0 Å². The molecule has 1 heterocycles. The molecular formula is C18H26F2N2O2. The molecule has 1 aromatic rings. The Kier molecular flexibility index (Phi) is 7.12. The fraction of sp³-hybridized carbons (Fsp3) is 0.611. The number of halogens is 2. The van der Waals surface area contributed by atoms with E-state index in [4.69, 9.17) is 4.74 Å². The van der Waals surface area contributed by atoms with Crippen molar-refractivity contribution >= 4 is 5.91 Å². The van der Waals surface area contributed by atoms with E-state index < -0.39 is 17.5 Å². The number of carbonyl (C=O) groups is 1. The number of benzene rings is 1. The van der Waals surface area contributed by atoms with Crippen molar-refractivity contribution in [2.24, 2.45) is 5.92 Å². The molecule has 1 N–H and O–H groups in total. The Morgan fingerprint density at radius 3 is 2.54 bits per heavy atom. The van der Waals surface area contributed by atoms with E-state index in [1.54, 1.807) is 0 Å². The quantitative estimate of drug-likeness (QED) is 0.830. The Morgan fingerprint density at radius 1 is 1.25 bits per heavy atom. The van der Waals surface area contributed by atoms with Gasteiger partial charge in [0.05, 0.1) is 18.8 Å². The maximum absolute atomic E-state index is 13.7. The first kappa shape index (κ1) is 18.8. The summed E-state index contributed by atoms with van der Waals surface area (Å²) in [7, 11) is 0. The van der Waals surface area contributed by atoms with Crippen molar-refractivity contribution in [2.75, 3.05) is 32.8 Å². The lowest BCUT2D eigenvalue weighted by molar-refractivity contribution is 0.00190. The van der Waals surface area contributed by atoms with Gasteiger partial charge in [-0.25, -0.2) is 8.78 Å². The van der Waals surface area contributed by atoms with E-state index in [1.807, 2.05) is 0 Å². The van der Waals surface area contributed by atoms with Crippen LogP contribution in [0.1, 0.15) is 37.0 Å². The van der Waals surface area contributed by atoms with Crippen molar-refractivity contribution in [3.63, 3.8) is 0 Å². The summed E-state index contributed by atoms with van der Waals surface area (Å²) >= 11 is 0. The van der Waals surface area contributed by atoms with Crippen LogP contribution in [0, 0.1) is 17.6 Å². The Bertz CT molecular complexity index is 544. The maximum Gasteiger partial charge on any atom is 0.254 e. The second-order valence-electron chi connectivity index (χ2n) is 6.13. The summed E-state index contributed by atoms with van der Waals surface area (Å²) in [5.74, 6) is -1.47. The molecule has 0 saturated carbocycles. The van der Waals surface area contributed by atoms with Gasteiger partial charge in [0.25, 0.3) is 5.91 Å². The van der Waals surface area contributed by atoms with Gasteiger partial charge in [-0.15, -0.1) is 0 Å². The number of hydrogen-bond donors (Lipinski definition) is 1. The summed E-state index contributed by atoms with van der Waals surface area (Å²) in [4.78, 5) is 14.6. The summed E-state index contributed by atoms with van der Waals surface area (Å²) in [5.41, 5.74) is -0.250. The predicted molar refractivity (Wildman–Crippen MR) is 88.9 cm³/mol. The average Bonchev–Trinajstić information content (AvgIpc) is 2.61. The second kappa shape index (κ2) is 9.08. The number of rotatable bonds is 7. The molecule has 1 amide bonds. The molecule has 1 aliphatic heterocycles. The molecule has 1 aliphatic rings. The van der Waals surface area contributed by atoms with E-state index >= 15 is 0 Å². The first-order valence-corrected chi connectivity index (χ1v) is 8.61. The molecule has 1 saturated heterocycles. The molecule has 0 spiro atoms. The number of nitrogens with one attached hydrogen (secondary N) is 1. The summed E-state index contributed by atoms with van der Waals surface area (Å²) in [6.45, 7) is 7.70. The Balaban J connectivity index is 2.05. The number of hydrogen-bond acceptors (Lipinski definition) is 3. The zero-order chi connectivity index (χ0) is 17.5. The highest BCUT2D eigenvalue weighted by atomic mass is 19.1. The van der Waals surface area contributed by atoms with Gasteiger partial charge in [-0.3, -0.25) is 9.69 Å². The van der Waals surface area contributed by atoms with Crippen molar-refractivity contribution in [1.29, 1.82) is 0 Å². The van der Waals surface area contributed by atoms with Gasteiger partial charge in [-0.1, -0.05) is 26.7 Å². The van der Waals surface area contributed by atoms with Crippen LogP contribution < -0.4 is 5.32 Å². The van der Waals surface area contributed by atoms with E-state index in [1.165, 1.54) is 0 Å². The first-order valence-electron chi connectivity index (χ1n) is 8.61. The highest BCUT2D eigenvalue weighted by molar-refractivity contribution is 5.94. The van der Waals surface area contributed by atoms with E-state index in [-0.39, 0.29) is 11.6 Å². The molecule has 4 nitrogen and oxygen atoms in total. The molecule has 0 aliphatic carbocycles. The molecule has 1 unspecified atom stereocenters. The summed E-state index contributed by atoms with van der Waals surface area (Å²) < 4.78 is 32.4. The third-order valence-corrected chi connectivity index (χ3v) is 4.75. The van der Waals surface area contributed by atoms with Gasteiger partial charge in [0.15, 0.2) is 0 Å². The molecule has 2 rings (SSSR count). The van der Waals surface area contributed by atoms with Crippen molar-refractivity contribution in [3.05, 3.63) is 35.4 Å². The third-order valence-electron chi connectivity index (χ3n) is 4.75. The molecule has 134 valence electrons. The summed E-state index contributed by atoms with van der Waals surface area (Å²) in [6, 6.07) is 3.09. The third kappa shape index (κ3) is 4.74. The lowest BCUT2D eigenvalue weighted by Gasteiger charge is -2.38. The van der Waals surface area contributed by atoms with E-state index in [2.05, 4.69) is 24.1 Å². The van der Waals surface area contributed by atoms with Crippen LogP contribution in [0.4, 0.5) is 8.78 Å². The summed E-state index contributed by atoms with van der Waals surface area (Å²) in [5, 5.41) is 2.79. The molecule has 1 aromatic carbocycles. The van der Waals surface area contributed by atoms with Crippen LogP contribution in [0.25, 0.3) is 0 Å². The minimum absolute atomic E-state index is 0.171. The minimum atomic E-state index is -0.709. The molecule has 6 heteroatoms. The molecule has 1 fully saturated rings. The fourth-order valence-corrected chi connectivity index (χ4v) is 3.30. The monoisotopic (exact) mass is 340 g/mol. The van der Waals surface area contributed by atoms with Crippen LogP contribution >= 0.6 is 0 Å². The normalized spacial score (nSPS) is 17.0. The van der Waals surface area contributed by atoms with Crippen LogP contribution in [-0.2, 0) is 4.74 Å². The van der Waals surface area contributed by atoms with Crippen LogP contribution in [0.15, 0.2) is 18.2 Å². The van der Waals surface area contributed by atoms with E-state index in [0.717, 1.165) is 44.1 Å². The van der Waals surface area contributed by atoms with E-state index in [9.17, 15) is 13.6 Å². The van der Waals surface area contributed by atoms with Crippen LogP contribution in [-0.4, -0.2) is 49.7 Å². The first-order chi connectivity index (χ1) is 11.6. The van der Waals surface area contributed by atoms with Crippen molar-refractivity contribution in [1.82, 2.24) is 10.2 Å². The number of nitrogens with zero attached hydrogens (tertiary/aromatic N) is 1. The van der Waals surface area contributed by atoms with Gasteiger partial charge in [0.1, 0.15) is 11.6 Å². The lowest BCUT2D eigenvalue weighted by atomic mass is 9.92. The fourth-order valence-electron chi connectivity index (χ4n) is 3.30. The zero-order valence-electron chi connectivity index (χ0n) is 14.4. The van der Waals surface area contributed by atoms with Gasteiger partial charge in [0, 0.05) is 25.7 Å². The number of morpholine rings is 1. The van der Waals surface area contributed by atoms with Crippen molar-refractivity contribution in [2.45, 2.75) is 32.7 Å². The molecule has 0 aromatic heterocycles. The second-order valence-corrected chi connectivity index (χ2v) is 6.13. The minimum Gasteiger partial charge on any atom is -0.379 e. The standard InChI is InChI=1S/C18H26F2N2O2/c1-3-13(4-2)17(22-7-9-24-10-8-22)12-21-18(23)15-11-14(19)5-6-16(15)20/h5-6,11,13,17H,3-4,7-10,12H2,1-2H3,(H,21,23). The van der Waals surface area contributed by atoms with Crippen molar-refractivity contribution in [3.8, 4) is 0 Å².